The number of rotatable bonds is 6. The van der Waals surface area contributed by atoms with E-state index in [2.05, 4.69) is 15.0 Å². The highest BCUT2D eigenvalue weighted by Crippen LogP contribution is 2.30. The van der Waals surface area contributed by atoms with Gasteiger partial charge in [0.05, 0.1) is 4.90 Å². The lowest BCUT2D eigenvalue weighted by atomic mass is 10.4. The van der Waals surface area contributed by atoms with E-state index in [0.717, 1.165) is 19.4 Å². The number of aromatic nitrogens is 1. The van der Waals surface area contributed by atoms with Crippen LogP contribution >= 0.6 is 0 Å². The normalized spacial score (nSPS) is 22.8. The van der Waals surface area contributed by atoms with Gasteiger partial charge in [-0.3, -0.25) is 0 Å². The van der Waals surface area contributed by atoms with E-state index in [1.165, 1.54) is 12.3 Å². The summed E-state index contributed by atoms with van der Waals surface area (Å²) < 4.78 is 26.9. The molecule has 100 valence electrons. The van der Waals surface area contributed by atoms with E-state index in [1.807, 2.05) is 13.8 Å². The van der Waals surface area contributed by atoms with Crippen LogP contribution in [0.15, 0.2) is 23.2 Å². The predicted octanol–water partition coefficient (Wildman–Crippen LogP) is 1.59. The Balaban J connectivity index is 2.11. The van der Waals surface area contributed by atoms with Crippen molar-refractivity contribution in [3.63, 3.8) is 0 Å². The molecular weight excluding hydrogens is 250 g/mol. The molecule has 0 saturated heterocycles. The van der Waals surface area contributed by atoms with Gasteiger partial charge in [-0.15, -0.1) is 0 Å². The van der Waals surface area contributed by atoms with Gasteiger partial charge in [0.25, 0.3) is 0 Å². The molecule has 18 heavy (non-hydrogen) atoms. The average molecular weight is 269 g/mol. The minimum atomic E-state index is -3.41. The van der Waals surface area contributed by atoms with Gasteiger partial charge >= 0.3 is 0 Å². The molecule has 2 atom stereocenters. The van der Waals surface area contributed by atoms with Gasteiger partial charge in [-0.2, -0.15) is 0 Å². The van der Waals surface area contributed by atoms with Gasteiger partial charge in [0.1, 0.15) is 5.82 Å². The molecule has 0 bridgehead atoms. The first kappa shape index (κ1) is 13.3. The van der Waals surface area contributed by atoms with E-state index in [-0.39, 0.29) is 10.9 Å². The molecule has 0 aliphatic heterocycles. The number of pyridine rings is 1. The third-order valence-corrected chi connectivity index (χ3v) is 4.50. The number of sulfonamides is 1. The monoisotopic (exact) mass is 269 g/mol. The van der Waals surface area contributed by atoms with E-state index >= 15 is 0 Å². The van der Waals surface area contributed by atoms with Crippen molar-refractivity contribution >= 4 is 15.8 Å². The molecule has 0 amide bonds. The molecule has 2 rings (SSSR count). The molecule has 1 aromatic rings. The maximum absolute atomic E-state index is 12.1. The molecule has 0 aromatic carbocycles. The standard InChI is InChI=1S/C12H19N3O2S/c1-3-5-13-12-8-10(4-6-14-12)18(16,17)15-11-7-9(11)2/h4,6,8-9,11,15H,3,5,7H2,1-2H3,(H,13,14). The molecule has 1 aliphatic carbocycles. The predicted molar refractivity (Wildman–Crippen MR) is 70.9 cm³/mol. The van der Waals surface area contributed by atoms with Crippen LogP contribution in [-0.2, 0) is 10.0 Å². The molecule has 0 radical (unpaired) electrons. The molecule has 1 heterocycles. The minimum Gasteiger partial charge on any atom is -0.370 e. The highest BCUT2D eigenvalue weighted by Gasteiger charge is 2.36. The summed E-state index contributed by atoms with van der Waals surface area (Å²) in [5, 5.41) is 3.08. The second-order valence-corrected chi connectivity index (χ2v) is 6.46. The Morgan fingerprint density at radius 2 is 2.22 bits per heavy atom. The van der Waals surface area contributed by atoms with Gasteiger partial charge in [0, 0.05) is 24.8 Å². The molecular formula is C12H19N3O2S. The molecule has 1 fully saturated rings. The van der Waals surface area contributed by atoms with E-state index < -0.39 is 10.0 Å². The highest BCUT2D eigenvalue weighted by molar-refractivity contribution is 7.89. The molecule has 0 spiro atoms. The smallest absolute Gasteiger partial charge is 0.241 e. The van der Waals surface area contributed by atoms with Crippen molar-refractivity contribution in [2.24, 2.45) is 5.92 Å². The zero-order valence-corrected chi connectivity index (χ0v) is 11.5. The number of anilines is 1. The van der Waals surface area contributed by atoms with Crippen molar-refractivity contribution < 1.29 is 8.42 Å². The van der Waals surface area contributed by atoms with Gasteiger partial charge in [0.2, 0.25) is 10.0 Å². The molecule has 5 nitrogen and oxygen atoms in total. The van der Waals surface area contributed by atoms with Crippen LogP contribution in [0.3, 0.4) is 0 Å². The van der Waals surface area contributed by atoms with Gasteiger partial charge in [-0.25, -0.2) is 18.1 Å². The van der Waals surface area contributed by atoms with E-state index in [1.54, 1.807) is 6.07 Å². The Hall–Kier alpha value is -1.14. The van der Waals surface area contributed by atoms with Crippen LogP contribution in [0.4, 0.5) is 5.82 Å². The van der Waals surface area contributed by atoms with Crippen molar-refractivity contribution in [3.8, 4) is 0 Å². The van der Waals surface area contributed by atoms with Crippen LogP contribution in [0, 0.1) is 5.92 Å². The maximum Gasteiger partial charge on any atom is 0.241 e. The molecule has 6 heteroatoms. The Morgan fingerprint density at radius 3 is 2.83 bits per heavy atom. The fourth-order valence-corrected chi connectivity index (χ4v) is 3.05. The Labute approximate surface area is 108 Å². The topological polar surface area (TPSA) is 71.1 Å². The van der Waals surface area contributed by atoms with E-state index in [9.17, 15) is 8.42 Å². The summed E-state index contributed by atoms with van der Waals surface area (Å²) in [5.41, 5.74) is 0. The van der Waals surface area contributed by atoms with E-state index in [4.69, 9.17) is 0 Å². The summed E-state index contributed by atoms with van der Waals surface area (Å²) in [4.78, 5) is 4.37. The van der Waals surface area contributed by atoms with Crippen LogP contribution in [0.1, 0.15) is 26.7 Å². The molecule has 1 aromatic heterocycles. The highest BCUT2D eigenvalue weighted by atomic mass is 32.2. The number of nitrogens with zero attached hydrogens (tertiary/aromatic N) is 1. The van der Waals surface area contributed by atoms with Crippen molar-refractivity contribution in [1.82, 2.24) is 9.71 Å². The second kappa shape index (κ2) is 5.24. The van der Waals surface area contributed by atoms with E-state index in [0.29, 0.717) is 11.7 Å². The van der Waals surface area contributed by atoms with Crippen molar-refractivity contribution in [3.05, 3.63) is 18.3 Å². The first-order valence-electron chi connectivity index (χ1n) is 6.25. The summed E-state index contributed by atoms with van der Waals surface area (Å²) in [7, 11) is -3.41. The van der Waals surface area contributed by atoms with Crippen LogP contribution in [0.5, 0.6) is 0 Å². The SMILES string of the molecule is CCCNc1cc(S(=O)(=O)NC2CC2C)ccn1. The Morgan fingerprint density at radius 1 is 1.50 bits per heavy atom. The lowest BCUT2D eigenvalue weighted by molar-refractivity contribution is 0.578. The largest absolute Gasteiger partial charge is 0.370 e. The van der Waals surface area contributed by atoms with Crippen LogP contribution in [0.2, 0.25) is 0 Å². The zero-order valence-electron chi connectivity index (χ0n) is 10.7. The van der Waals surface area contributed by atoms with Crippen LogP contribution in [0.25, 0.3) is 0 Å². The number of nitrogens with one attached hydrogen (secondary N) is 2. The van der Waals surface area contributed by atoms with Crippen molar-refractivity contribution in [2.75, 3.05) is 11.9 Å². The summed E-state index contributed by atoms with van der Waals surface area (Å²) in [6, 6.07) is 3.19. The van der Waals surface area contributed by atoms with Crippen molar-refractivity contribution in [1.29, 1.82) is 0 Å². The van der Waals surface area contributed by atoms with Gasteiger partial charge in [-0.05, 0) is 24.8 Å². The lowest BCUT2D eigenvalue weighted by Gasteiger charge is -2.08. The molecule has 2 N–H and O–H groups in total. The Kier molecular flexibility index (Phi) is 3.87. The van der Waals surface area contributed by atoms with Gasteiger partial charge < -0.3 is 5.32 Å². The zero-order chi connectivity index (χ0) is 13.2. The van der Waals surface area contributed by atoms with Gasteiger partial charge in [0.15, 0.2) is 0 Å². The van der Waals surface area contributed by atoms with Gasteiger partial charge in [-0.1, -0.05) is 13.8 Å². The average Bonchev–Trinajstić information content (AvgIpc) is 3.02. The first-order chi connectivity index (χ1) is 8.53. The summed E-state index contributed by atoms with van der Waals surface area (Å²) in [5.74, 6) is 1.04. The fourth-order valence-electron chi connectivity index (χ4n) is 1.68. The maximum atomic E-state index is 12.1. The second-order valence-electron chi connectivity index (χ2n) is 4.74. The molecule has 1 saturated carbocycles. The third-order valence-electron chi connectivity index (χ3n) is 3.01. The van der Waals surface area contributed by atoms with Crippen LogP contribution < -0.4 is 10.0 Å². The number of hydrogen-bond donors (Lipinski definition) is 2. The summed E-state index contributed by atoms with van der Waals surface area (Å²) in [6.07, 6.45) is 3.41. The van der Waals surface area contributed by atoms with Crippen LogP contribution in [-0.4, -0.2) is 26.0 Å². The minimum absolute atomic E-state index is 0.0928. The quantitative estimate of drug-likeness (QED) is 0.822. The summed E-state index contributed by atoms with van der Waals surface area (Å²) in [6.45, 7) is 4.86. The third kappa shape index (κ3) is 3.20. The fraction of sp³-hybridized carbons (Fsp3) is 0.583. The lowest BCUT2D eigenvalue weighted by Crippen LogP contribution is -2.27. The van der Waals surface area contributed by atoms with Crippen molar-refractivity contribution in [2.45, 2.75) is 37.6 Å². The Bertz CT molecular complexity index is 516. The first-order valence-corrected chi connectivity index (χ1v) is 7.73. The summed E-state index contributed by atoms with van der Waals surface area (Å²) >= 11 is 0. The number of hydrogen-bond acceptors (Lipinski definition) is 4. The molecule has 2 unspecified atom stereocenters. The molecule has 1 aliphatic rings.